The van der Waals surface area contributed by atoms with Crippen LogP contribution in [0.4, 0.5) is 4.79 Å². The zero-order valence-electron chi connectivity index (χ0n) is 13.9. The van der Waals surface area contributed by atoms with Crippen molar-refractivity contribution in [3.63, 3.8) is 0 Å². The Bertz CT molecular complexity index is 740. The molecule has 1 aromatic rings. The summed E-state index contributed by atoms with van der Waals surface area (Å²) in [4.78, 5) is 26.1. The summed E-state index contributed by atoms with van der Waals surface area (Å²) >= 11 is 0. The third-order valence-corrected chi connectivity index (χ3v) is 6.61. The molecule has 2 atom stereocenters. The van der Waals surface area contributed by atoms with Crippen LogP contribution in [0.1, 0.15) is 30.4 Å². The number of alkyl carbamates (subject to hydrolysis) is 1. The number of carbonyl (C=O) groups is 2. The van der Waals surface area contributed by atoms with Crippen LogP contribution in [0.25, 0.3) is 0 Å². The van der Waals surface area contributed by atoms with Crippen LogP contribution in [0.15, 0.2) is 24.3 Å². The minimum absolute atomic E-state index is 0.0402. The minimum atomic E-state index is -0.346. The lowest BCUT2D eigenvalue weighted by Gasteiger charge is -2.43. The summed E-state index contributed by atoms with van der Waals surface area (Å²) in [6.45, 7) is 4.32. The zero-order valence-corrected chi connectivity index (χ0v) is 13.9. The highest BCUT2D eigenvalue weighted by atomic mass is 16.6. The predicted octanol–water partition coefficient (Wildman–Crippen LogP) is 1.98. The van der Waals surface area contributed by atoms with Crippen LogP contribution in [-0.2, 0) is 14.9 Å². The molecule has 0 aromatic heterocycles. The van der Waals surface area contributed by atoms with Gasteiger partial charge in [0.2, 0.25) is 5.91 Å². The number of cyclic esters (lactones) is 1. The maximum atomic E-state index is 12.8. The molecule has 2 aliphatic heterocycles. The van der Waals surface area contributed by atoms with Crippen molar-refractivity contribution in [3.05, 3.63) is 35.4 Å². The second kappa shape index (κ2) is 4.52. The molecule has 1 spiro atoms. The first-order valence-corrected chi connectivity index (χ1v) is 8.81. The number of amides is 2. The molecular weight excluding hydrogens is 304 g/mol. The molecule has 2 unspecified atom stereocenters. The molecule has 1 N–H and O–H groups in total. The van der Waals surface area contributed by atoms with Gasteiger partial charge in [0, 0.05) is 24.4 Å². The van der Waals surface area contributed by atoms with Crippen LogP contribution >= 0.6 is 0 Å². The van der Waals surface area contributed by atoms with E-state index in [4.69, 9.17) is 4.74 Å². The standard InChI is InChI=1S/C19H22N2O3/c1-12-4-2-3-5-15(12)19-8-14(19)9-21(10-19)16(22)13-6-18(7-13)11-24-17(23)20-18/h2-5,13-14H,6-11H2,1H3,(H,20,23)/t13-,14?,18+,19?. The van der Waals surface area contributed by atoms with Crippen LogP contribution in [0, 0.1) is 18.8 Å². The molecule has 24 heavy (non-hydrogen) atoms. The Morgan fingerprint density at radius 1 is 1.29 bits per heavy atom. The van der Waals surface area contributed by atoms with Crippen LogP contribution in [-0.4, -0.2) is 42.1 Å². The average molecular weight is 326 g/mol. The van der Waals surface area contributed by atoms with Gasteiger partial charge < -0.3 is 15.0 Å². The number of fused-ring (bicyclic) bond motifs is 1. The predicted molar refractivity (Wildman–Crippen MR) is 87.5 cm³/mol. The molecule has 1 aromatic carbocycles. The number of hydrogen-bond acceptors (Lipinski definition) is 3. The number of benzene rings is 1. The lowest BCUT2D eigenvalue weighted by atomic mass is 9.68. The summed E-state index contributed by atoms with van der Waals surface area (Å²) < 4.78 is 5.00. The van der Waals surface area contributed by atoms with Gasteiger partial charge in [-0.25, -0.2) is 4.79 Å². The molecule has 2 amide bonds. The van der Waals surface area contributed by atoms with Crippen molar-refractivity contribution >= 4 is 12.0 Å². The SMILES string of the molecule is Cc1ccccc1C12CC1CN(C(=O)[C@H]1C[C@]3(COC(=O)N3)C1)C2. The lowest BCUT2D eigenvalue weighted by Crippen LogP contribution is -2.58. The zero-order chi connectivity index (χ0) is 16.5. The second-order valence-corrected chi connectivity index (χ2v) is 8.18. The highest BCUT2D eigenvalue weighted by molar-refractivity contribution is 5.82. The van der Waals surface area contributed by atoms with E-state index >= 15 is 0 Å². The topological polar surface area (TPSA) is 58.6 Å². The van der Waals surface area contributed by atoms with E-state index in [0.29, 0.717) is 12.5 Å². The maximum Gasteiger partial charge on any atom is 0.407 e. The molecule has 5 nitrogen and oxygen atoms in total. The molecule has 126 valence electrons. The average Bonchev–Trinajstić information content (AvgIpc) is 2.90. The maximum absolute atomic E-state index is 12.8. The van der Waals surface area contributed by atoms with E-state index in [0.717, 1.165) is 25.9 Å². The van der Waals surface area contributed by atoms with E-state index in [1.54, 1.807) is 0 Å². The quantitative estimate of drug-likeness (QED) is 0.904. The van der Waals surface area contributed by atoms with Gasteiger partial charge in [-0.15, -0.1) is 0 Å². The first kappa shape index (κ1) is 14.3. The molecule has 2 saturated carbocycles. The highest BCUT2D eigenvalue weighted by Crippen LogP contribution is 2.60. The first-order valence-electron chi connectivity index (χ1n) is 8.81. The lowest BCUT2D eigenvalue weighted by molar-refractivity contribution is -0.140. The van der Waals surface area contributed by atoms with E-state index in [1.165, 1.54) is 17.5 Å². The van der Waals surface area contributed by atoms with Crippen molar-refractivity contribution in [2.24, 2.45) is 11.8 Å². The number of nitrogens with one attached hydrogen (secondary N) is 1. The minimum Gasteiger partial charge on any atom is -0.447 e. The molecule has 4 fully saturated rings. The van der Waals surface area contributed by atoms with Gasteiger partial charge in [0.25, 0.3) is 0 Å². The van der Waals surface area contributed by atoms with Gasteiger partial charge in [-0.1, -0.05) is 24.3 Å². The number of ether oxygens (including phenoxy) is 1. The van der Waals surface area contributed by atoms with Crippen molar-refractivity contribution in [2.45, 2.75) is 37.1 Å². The monoisotopic (exact) mass is 326 g/mol. The van der Waals surface area contributed by atoms with Crippen molar-refractivity contribution in [3.8, 4) is 0 Å². The fourth-order valence-corrected chi connectivity index (χ4v) is 5.23. The Kier molecular flexibility index (Phi) is 2.70. The van der Waals surface area contributed by atoms with Crippen LogP contribution in [0.2, 0.25) is 0 Å². The van der Waals surface area contributed by atoms with E-state index in [1.807, 2.05) is 0 Å². The number of hydrogen-bond donors (Lipinski definition) is 1. The molecule has 2 heterocycles. The second-order valence-electron chi connectivity index (χ2n) is 8.18. The summed E-state index contributed by atoms with van der Waals surface area (Å²) in [5.74, 6) is 0.923. The number of rotatable bonds is 2. The number of carbonyl (C=O) groups excluding carboxylic acids is 2. The van der Waals surface area contributed by atoms with Gasteiger partial charge in [-0.3, -0.25) is 4.79 Å². The Labute approximate surface area is 141 Å². The van der Waals surface area contributed by atoms with E-state index in [2.05, 4.69) is 41.4 Å². The fourth-order valence-electron chi connectivity index (χ4n) is 5.23. The number of aryl methyl sites for hydroxylation is 1. The normalized spacial score (nSPS) is 39.2. The smallest absolute Gasteiger partial charge is 0.407 e. The Hall–Kier alpha value is -2.04. The number of nitrogens with zero attached hydrogens (tertiary/aromatic N) is 1. The van der Waals surface area contributed by atoms with Crippen molar-refractivity contribution in [1.82, 2.24) is 10.2 Å². The van der Waals surface area contributed by atoms with E-state index < -0.39 is 0 Å². The molecule has 5 rings (SSSR count). The molecule has 2 saturated heterocycles. The summed E-state index contributed by atoms with van der Waals surface area (Å²) in [6, 6.07) is 8.58. The van der Waals surface area contributed by atoms with Crippen molar-refractivity contribution in [1.29, 1.82) is 0 Å². The Morgan fingerprint density at radius 3 is 2.79 bits per heavy atom. The summed E-state index contributed by atoms with van der Waals surface area (Å²) in [5, 5.41) is 2.87. The van der Waals surface area contributed by atoms with Crippen LogP contribution < -0.4 is 5.32 Å². The van der Waals surface area contributed by atoms with Gasteiger partial charge in [0.05, 0.1) is 5.54 Å². The Balaban J connectivity index is 1.27. The van der Waals surface area contributed by atoms with Crippen LogP contribution in [0.5, 0.6) is 0 Å². The van der Waals surface area contributed by atoms with Gasteiger partial charge in [0.15, 0.2) is 0 Å². The largest absolute Gasteiger partial charge is 0.447 e. The van der Waals surface area contributed by atoms with Gasteiger partial charge in [0.1, 0.15) is 6.61 Å². The molecule has 0 radical (unpaired) electrons. The van der Waals surface area contributed by atoms with E-state index in [9.17, 15) is 9.59 Å². The molecule has 5 heteroatoms. The van der Waals surface area contributed by atoms with Gasteiger partial charge in [-0.2, -0.15) is 0 Å². The third-order valence-electron chi connectivity index (χ3n) is 6.61. The molecule has 2 aliphatic carbocycles. The third kappa shape index (κ3) is 1.87. The highest BCUT2D eigenvalue weighted by Gasteiger charge is 2.63. The Morgan fingerprint density at radius 2 is 2.08 bits per heavy atom. The van der Waals surface area contributed by atoms with Crippen molar-refractivity contribution < 1.29 is 14.3 Å². The van der Waals surface area contributed by atoms with Crippen molar-refractivity contribution in [2.75, 3.05) is 19.7 Å². The molecular formula is C19H22N2O3. The van der Waals surface area contributed by atoms with E-state index in [-0.39, 0.29) is 28.9 Å². The summed E-state index contributed by atoms with van der Waals surface area (Å²) in [5.41, 5.74) is 2.69. The van der Waals surface area contributed by atoms with Gasteiger partial charge in [-0.05, 0) is 43.2 Å². The van der Waals surface area contributed by atoms with Crippen LogP contribution in [0.3, 0.4) is 0 Å². The number of piperidine rings is 1. The first-order chi connectivity index (χ1) is 11.5. The molecule has 4 aliphatic rings. The number of likely N-dealkylation sites (tertiary alicyclic amines) is 1. The summed E-state index contributed by atoms with van der Waals surface area (Å²) in [6.07, 6.45) is 2.30. The fraction of sp³-hybridized carbons (Fsp3) is 0.579. The summed E-state index contributed by atoms with van der Waals surface area (Å²) in [7, 11) is 0. The van der Waals surface area contributed by atoms with Gasteiger partial charge >= 0.3 is 6.09 Å². The molecule has 0 bridgehead atoms.